The number of nitrogens with one attached hydrogen (secondary N) is 1. The molecular weight excluding hydrogens is 1310 g/mol. The Morgan fingerprint density at radius 1 is 0.720 bits per heavy atom. The van der Waals surface area contributed by atoms with E-state index in [1.807, 2.05) is 6.92 Å². The number of hydrogen-bond donors (Lipinski definition) is 1. The first kappa shape index (κ1) is 77.1. The first-order chi connectivity index (χ1) is 5.86. The Bertz CT molecular complexity index is 275. The largest absolute Gasteiger partial charge is 0.317 e. The van der Waals surface area contributed by atoms with Gasteiger partial charge in [0.25, 0.3) is 0 Å². The van der Waals surface area contributed by atoms with Gasteiger partial charge in [0.15, 0.2) is 5.82 Å². The SMILES string of the molecule is Cc1nnn(C2CCNCC2)n1.[Y].[Y].[Y].[Y].[Y].[Y].[Y].[Y].[Y].[Y].[Y].[Y].[Y]. The molecule has 1 N–H and O–H groups in total. The Morgan fingerprint density at radius 3 is 1.36 bits per heavy atom. The maximum absolute atomic E-state index is 4.20. The van der Waals surface area contributed by atoms with Crippen LogP contribution in [0.1, 0.15) is 24.7 Å². The van der Waals surface area contributed by atoms with E-state index in [1.54, 1.807) is 4.80 Å². The summed E-state index contributed by atoms with van der Waals surface area (Å²) in [6.45, 7) is 3.99. The molecule has 2 heterocycles. The molecule has 1 aromatic rings. The summed E-state index contributed by atoms with van der Waals surface area (Å²) in [5.41, 5.74) is 0. The maximum Gasteiger partial charge on any atom is 0.171 e. The number of tetrazole rings is 1. The molecule has 105 valence electrons. The van der Waals surface area contributed by atoms with Gasteiger partial charge in [0, 0.05) is 425 Å². The molecule has 1 saturated heterocycles. The van der Waals surface area contributed by atoms with Gasteiger partial charge in [-0.2, -0.15) is 4.80 Å². The summed E-state index contributed by atoms with van der Waals surface area (Å²) in [6.07, 6.45) is 2.21. The molecule has 13 radical (unpaired) electrons. The summed E-state index contributed by atoms with van der Waals surface area (Å²) in [6, 6.07) is 0.451. The van der Waals surface area contributed by atoms with Gasteiger partial charge in [-0.1, -0.05) is 0 Å². The normalized spacial score (nSPS) is 9.48. The van der Waals surface area contributed by atoms with E-state index in [4.69, 9.17) is 0 Å². The van der Waals surface area contributed by atoms with E-state index >= 15 is 0 Å². The Kier molecular flexibility index (Phi) is 165. The summed E-state index contributed by atoms with van der Waals surface area (Å²) < 4.78 is 0. The second-order valence-corrected chi connectivity index (χ2v) is 3.14. The van der Waals surface area contributed by atoms with Crippen molar-refractivity contribution in [2.24, 2.45) is 0 Å². The van der Waals surface area contributed by atoms with Crippen molar-refractivity contribution in [1.82, 2.24) is 25.5 Å². The Balaban J connectivity index is -0.0000000130. The minimum atomic E-state index is 0. The fraction of sp³-hybridized carbons (Fsp3) is 0.857. The van der Waals surface area contributed by atoms with E-state index in [1.165, 1.54) is 0 Å². The van der Waals surface area contributed by atoms with Gasteiger partial charge in [0.1, 0.15) is 0 Å². The summed E-state index contributed by atoms with van der Waals surface area (Å²) in [5.74, 6) is 0.758. The van der Waals surface area contributed by atoms with Crippen LogP contribution in [0.5, 0.6) is 0 Å². The van der Waals surface area contributed by atoms with Crippen molar-refractivity contribution >= 4 is 0 Å². The first-order valence-electron chi connectivity index (χ1n) is 4.33. The molecule has 18 heteroatoms. The molecule has 0 spiro atoms. The van der Waals surface area contributed by atoms with Gasteiger partial charge in [-0.3, -0.25) is 0 Å². The van der Waals surface area contributed by atoms with Crippen molar-refractivity contribution in [1.29, 1.82) is 0 Å². The monoisotopic (exact) mass is 1320 g/mol. The second kappa shape index (κ2) is 53.6. The minimum Gasteiger partial charge on any atom is -0.317 e. The van der Waals surface area contributed by atoms with Crippen molar-refractivity contribution < 1.29 is 425 Å². The van der Waals surface area contributed by atoms with Crippen LogP contribution in [0.3, 0.4) is 0 Å². The molecule has 1 fully saturated rings. The molecule has 5 nitrogen and oxygen atoms in total. The molecule has 2 rings (SSSR count). The number of aromatic nitrogens is 4. The van der Waals surface area contributed by atoms with Gasteiger partial charge in [0.2, 0.25) is 0 Å². The zero-order chi connectivity index (χ0) is 8.39. The average molecular weight is 1320 g/mol. The van der Waals surface area contributed by atoms with Crippen molar-refractivity contribution in [3.05, 3.63) is 5.82 Å². The molecule has 0 saturated carbocycles. The van der Waals surface area contributed by atoms with Gasteiger partial charge in [-0.15, -0.1) is 10.2 Å². The van der Waals surface area contributed by atoms with Crippen LogP contribution in [-0.2, 0) is 425 Å². The molecule has 0 atom stereocenters. The van der Waals surface area contributed by atoms with Crippen LogP contribution < -0.4 is 5.32 Å². The number of aryl methyl sites for hydroxylation is 1. The van der Waals surface area contributed by atoms with E-state index in [2.05, 4.69) is 20.7 Å². The number of hydrogen-bond acceptors (Lipinski definition) is 4. The predicted molar refractivity (Wildman–Crippen MR) is 43.7 cm³/mol. The van der Waals surface area contributed by atoms with Crippen molar-refractivity contribution in [3.8, 4) is 0 Å². The number of rotatable bonds is 1. The Labute approximate surface area is 479 Å². The molecule has 0 amide bonds. The first-order valence-corrected chi connectivity index (χ1v) is 4.33. The smallest absolute Gasteiger partial charge is 0.171 e. The predicted octanol–water partition coefficient (Wildman–Crippen LogP) is -0.126. The van der Waals surface area contributed by atoms with Crippen LogP contribution >= 0.6 is 0 Å². The molecule has 1 aromatic heterocycles. The summed E-state index contributed by atoms with van der Waals surface area (Å²) in [7, 11) is 0. The van der Waals surface area contributed by atoms with Gasteiger partial charge in [0.05, 0.1) is 6.04 Å². The zero-order valence-corrected chi connectivity index (χ0v) is 51.6. The number of nitrogens with zero attached hydrogens (tertiary/aromatic N) is 4. The quantitative estimate of drug-likeness (QED) is 0.427. The zero-order valence-electron chi connectivity index (χ0n) is 14.7. The van der Waals surface area contributed by atoms with E-state index in [-0.39, 0.29) is 425 Å². The van der Waals surface area contributed by atoms with E-state index in [0.29, 0.717) is 6.04 Å². The third-order valence-corrected chi connectivity index (χ3v) is 2.16. The Hall–Kier alpha value is 13.4. The number of piperidine rings is 1. The molecule has 0 aromatic carbocycles. The second-order valence-electron chi connectivity index (χ2n) is 3.14. The van der Waals surface area contributed by atoms with Gasteiger partial charge in [-0.05, 0) is 38.1 Å². The molecule has 1 aliphatic heterocycles. The molecule has 1 aliphatic rings. The molecule has 25 heavy (non-hydrogen) atoms. The van der Waals surface area contributed by atoms with Crippen molar-refractivity contribution in [3.63, 3.8) is 0 Å². The topological polar surface area (TPSA) is 55.6 Å². The molecule has 0 unspecified atom stereocenters. The molecular formula is C7H13N5Y13. The fourth-order valence-corrected chi connectivity index (χ4v) is 1.49. The minimum absolute atomic E-state index is 0. The van der Waals surface area contributed by atoms with Gasteiger partial charge >= 0.3 is 0 Å². The summed E-state index contributed by atoms with van der Waals surface area (Å²) in [5, 5.41) is 15.3. The van der Waals surface area contributed by atoms with Crippen LogP contribution in [0.2, 0.25) is 0 Å². The fourth-order valence-electron chi connectivity index (χ4n) is 1.49. The van der Waals surface area contributed by atoms with E-state index < -0.39 is 0 Å². The van der Waals surface area contributed by atoms with Crippen LogP contribution in [0.4, 0.5) is 0 Å². The van der Waals surface area contributed by atoms with Crippen LogP contribution in [0.15, 0.2) is 0 Å². The van der Waals surface area contributed by atoms with Crippen LogP contribution in [-0.4, -0.2) is 33.3 Å². The van der Waals surface area contributed by atoms with Gasteiger partial charge in [-0.25, -0.2) is 0 Å². The van der Waals surface area contributed by atoms with Crippen LogP contribution in [0, 0.1) is 6.92 Å². The van der Waals surface area contributed by atoms with Gasteiger partial charge < -0.3 is 5.32 Å². The molecule has 0 bridgehead atoms. The third-order valence-electron chi connectivity index (χ3n) is 2.16. The van der Waals surface area contributed by atoms with Crippen molar-refractivity contribution in [2.75, 3.05) is 13.1 Å². The summed E-state index contributed by atoms with van der Waals surface area (Å²) in [4.78, 5) is 1.75. The van der Waals surface area contributed by atoms with Crippen LogP contribution in [0.25, 0.3) is 0 Å². The van der Waals surface area contributed by atoms with E-state index in [0.717, 1.165) is 31.8 Å². The molecule has 0 aliphatic carbocycles. The maximum atomic E-state index is 4.20. The van der Waals surface area contributed by atoms with E-state index in [9.17, 15) is 0 Å². The standard InChI is InChI=1S/C7H13N5.13Y/c1-6-9-11-12(10-6)7-2-4-8-5-3-7;;;;;;;;;;;;;/h7-8H,2-5H2,1H3;;;;;;;;;;;;;. The summed E-state index contributed by atoms with van der Waals surface area (Å²) >= 11 is 0. The Morgan fingerprint density at radius 2 is 1.08 bits per heavy atom. The van der Waals surface area contributed by atoms with Crippen molar-refractivity contribution in [2.45, 2.75) is 25.8 Å². The average Bonchev–Trinajstić information content (AvgIpc) is 2.54. The third kappa shape index (κ3) is 39.6.